The largest absolute Gasteiger partial charge is 0.357 e. The van der Waals surface area contributed by atoms with Crippen LogP contribution in [0.2, 0.25) is 0 Å². The number of nitrogens with zero attached hydrogens (tertiary/aromatic N) is 1. The molecule has 31 heavy (non-hydrogen) atoms. The van der Waals surface area contributed by atoms with Gasteiger partial charge in [0.2, 0.25) is 11.8 Å². The third-order valence-electron chi connectivity index (χ3n) is 5.68. The summed E-state index contributed by atoms with van der Waals surface area (Å²) >= 11 is 0. The van der Waals surface area contributed by atoms with Crippen molar-refractivity contribution in [3.05, 3.63) is 108 Å². The Hall–Kier alpha value is -3.40. The second-order valence-electron chi connectivity index (χ2n) is 7.69. The fourth-order valence-corrected chi connectivity index (χ4v) is 3.87. The molecule has 3 aromatic carbocycles. The van der Waals surface area contributed by atoms with Crippen LogP contribution in [0.4, 0.5) is 0 Å². The van der Waals surface area contributed by atoms with Gasteiger partial charge >= 0.3 is 0 Å². The molecule has 4 heteroatoms. The highest BCUT2D eigenvalue weighted by Gasteiger charge is 2.28. The molecule has 0 saturated carbocycles. The van der Waals surface area contributed by atoms with Gasteiger partial charge in [-0.25, -0.2) is 0 Å². The molecule has 1 atom stereocenters. The van der Waals surface area contributed by atoms with Crippen molar-refractivity contribution < 1.29 is 9.59 Å². The first-order chi connectivity index (χ1) is 15.1. The summed E-state index contributed by atoms with van der Waals surface area (Å²) in [4.78, 5) is 27.6. The molecule has 3 aromatic rings. The summed E-state index contributed by atoms with van der Waals surface area (Å²) in [5.41, 5.74) is 3.34. The first-order valence-corrected chi connectivity index (χ1v) is 10.7. The van der Waals surface area contributed by atoms with E-state index in [9.17, 15) is 9.59 Å². The normalized spacial score (nSPS) is 11.7. The predicted molar refractivity (Wildman–Crippen MR) is 125 cm³/mol. The van der Waals surface area contributed by atoms with Crippen molar-refractivity contribution in [1.29, 1.82) is 0 Å². The molecule has 0 fully saturated rings. The van der Waals surface area contributed by atoms with Gasteiger partial charge in [-0.15, -0.1) is 0 Å². The summed E-state index contributed by atoms with van der Waals surface area (Å²) in [7, 11) is 1.61. The van der Waals surface area contributed by atoms with E-state index < -0.39 is 6.04 Å². The number of hydrogen-bond donors (Lipinski definition) is 1. The molecule has 0 spiro atoms. The lowest BCUT2D eigenvalue weighted by atomic mass is 9.88. The minimum absolute atomic E-state index is 0.0234. The van der Waals surface area contributed by atoms with Crippen molar-refractivity contribution in [3.63, 3.8) is 0 Å². The molecule has 0 aliphatic carbocycles. The number of carbonyl (C=O) groups excluding carboxylic acids is 2. The Balaban J connectivity index is 1.84. The maximum Gasteiger partial charge on any atom is 0.242 e. The van der Waals surface area contributed by atoms with E-state index in [-0.39, 0.29) is 17.7 Å². The highest BCUT2D eigenvalue weighted by atomic mass is 16.2. The van der Waals surface area contributed by atoms with Crippen LogP contribution < -0.4 is 5.32 Å². The van der Waals surface area contributed by atoms with Crippen LogP contribution in [0.5, 0.6) is 0 Å². The zero-order chi connectivity index (χ0) is 22.1. The highest BCUT2D eigenvalue weighted by molar-refractivity contribution is 5.87. The van der Waals surface area contributed by atoms with Gasteiger partial charge in [-0.1, -0.05) is 91.0 Å². The molecule has 0 aliphatic rings. The second-order valence-corrected chi connectivity index (χ2v) is 7.69. The van der Waals surface area contributed by atoms with Gasteiger partial charge in [0.25, 0.3) is 0 Å². The molecule has 0 aromatic heterocycles. The number of carbonyl (C=O) groups is 2. The topological polar surface area (TPSA) is 49.4 Å². The highest BCUT2D eigenvalue weighted by Crippen LogP contribution is 2.29. The third kappa shape index (κ3) is 6.05. The Morgan fingerprint density at radius 2 is 1.29 bits per heavy atom. The van der Waals surface area contributed by atoms with Gasteiger partial charge in [-0.3, -0.25) is 9.59 Å². The van der Waals surface area contributed by atoms with E-state index in [1.807, 2.05) is 66.7 Å². The Labute approximate surface area is 184 Å². The van der Waals surface area contributed by atoms with Crippen molar-refractivity contribution in [3.8, 4) is 0 Å². The van der Waals surface area contributed by atoms with Crippen LogP contribution in [0.3, 0.4) is 0 Å². The molecule has 0 radical (unpaired) electrons. The second kappa shape index (κ2) is 11.1. The summed E-state index contributed by atoms with van der Waals surface area (Å²) in [5.74, 6) is -0.242. The fourth-order valence-electron chi connectivity index (χ4n) is 3.87. The lowest BCUT2D eigenvalue weighted by molar-refractivity contribution is -0.139. The van der Waals surface area contributed by atoms with Crippen molar-refractivity contribution >= 4 is 11.8 Å². The number of rotatable bonds is 9. The number of likely N-dealkylation sites (N-methyl/N-ethyl adjacent to an activating group) is 1. The van der Waals surface area contributed by atoms with Crippen LogP contribution in [-0.2, 0) is 16.0 Å². The van der Waals surface area contributed by atoms with Crippen LogP contribution in [-0.4, -0.2) is 36.3 Å². The van der Waals surface area contributed by atoms with Crippen molar-refractivity contribution in [2.45, 2.75) is 31.7 Å². The number of benzene rings is 3. The van der Waals surface area contributed by atoms with E-state index in [4.69, 9.17) is 0 Å². The average molecular weight is 415 g/mol. The number of nitrogens with one attached hydrogen (secondary N) is 1. The molecule has 4 nitrogen and oxygen atoms in total. The van der Waals surface area contributed by atoms with Crippen molar-refractivity contribution in [2.24, 2.45) is 0 Å². The molecule has 3 rings (SSSR count). The number of amides is 2. The average Bonchev–Trinajstić information content (AvgIpc) is 2.83. The van der Waals surface area contributed by atoms with Gasteiger partial charge in [-0.2, -0.15) is 0 Å². The van der Waals surface area contributed by atoms with E-state index in [1.165, 1.54) is 0 Å². The zero-order valence-corrected chi connectivity index (χ0v) is 18.2. The van der Waals surface area contributed by atoms with E-state index in [0.29, 0.717) is 19.4 Å². The zero-order valence-electron chi connectivity index (χ0n) is 18.2. The minimum atomic E-state index is -0.534. The molecule has 0 saturated heterocycles. The monoisotopic (exact) mass is 414 g/mol. The maximum atomic E-state index is 13.5. The molecule has 0 aliphatic heterocycles. The smallest absolute Gasteiger partial charge is 0.242 e. The Bertz CT molecular complexity index is 919. The lowest BCUT2D eigenvalue weighted by Gasteiger charge is -2.30. The Kier molecular flexibility index (Phi) is 7.99. The SMILES string of the molecule is CNC(=O)[C@@H](C)N(CCc1ccccc1)C(=O)CC(c1ccccc1)c1ccccc1. The van der Waals surface area contributed by atoms with Gasteiger partial charge in [0.05, 0.1) is 0 Å². The van der Waals surface area contributed by atoms with Crippen molar-refractivity contribution in [2.75, 3.05) is 13.6 Å². The van der Waals surface area contributed by atoms with Gasteiger partial charge < -0.3 is 10.2 Å². The van der Waals surface area contributed by atoms with E-state index in [0.717, 1.165) is 16.7 Å². The molecule has 160 valence electrons. The summed E-state index contributed by atoms with van der Waals surface area (Å²) in [6, 6.07) is 29.7. The van der Waals surface area contributed by atoms with Crippen LogP contribution in [0.1, 0.15) is 36.0 Å². The van der Waals surface area contributed by atoms with Crippen LogP contribution in [0.25, 0.3) is 0 Å². The first kappa shape index (κ1) is 22.3. The molecular formula is C27H30N2O2. The molecule has 0 unspecified atom stereocenters. The molecular weight excluding hydrogens is 384 g/mol. The standard InChI is InChI=1S/C27H30N2O2/c1-21(27(31)28-2)29(19-18-22-12-6-3-7-13-22)26(30)20-25(23-14-8-4-9-15-23)24-16-10-5-11-17-24/h3-17,21,25H,18-20H2,1-2H3,(H,28,31)/t21-/m1/s1. The minimum Gasteiger partial charge on any atom is -0.357 e. The van der Waals surface area contributed by atoms with E-state index in [1.54, 1.807) is 18.9 Å². The number of hydrogen-bond acceptors (Lipinski definition) is 2. The first-order valence-electron chi connectivity index (χ1n) is 10.7. The summed E-state index contributed by atoms with van der Waals surface area (Å²) in [5, 5.41) is 2.68. The van der Waals surface area contributed by atoms with Gasteiger partial charge in [0.1, 0.15) is 6.04 Å². The van der Waals surface area contributed by atoms with Gasteiger partial charge in [-0.05, 0) is 30.0 Å². The maximum absolute atomic E-state index is 13.5. The van der Waals surface area contributed by atoms with Gasteiger partial charge in [0.15, 0.2) is 0 Å². The molecule has 0 bridgehead atoms. The van der Waals surface area contributed by atoms with Crippen LogP contribution in [0, 0.1) is 0 Å². The van der Waals surface area contributed by atoms with E-state index >= 15 is 0 Å². The summed E-state index contributed by atoms with van der Waals surface area (Å²) in [6.45, 7) is 2.29. The lowest BCUT2D eigenvalue weighted by Crippen LogP contribution is -2.48. The van der Waals surface area contributed by atoms with E-state index in [2.05, 4.69) is 29.6 Å². The fraction of sp³-hybridized carbons (Fsp3) is 0.259. The summed E-state index contributed by atoms with van der Waals surface area (Å²) in [6.07, 6.45) is 1.01. The Morgan fingerprint density at radius 3 is 1.77 bits per heavy atom. The van der Waals surface area contributed by atoms with Gasteiger partial charge in [0, 0.05) is 25.9 Å². The molecule has 0 heterocycles. The molecule has 1 N–H and O–H groups in total. The van der Waals surface area contributed by atoms with Crippen LogP contribution >= 0.6 is 0 Å². The third-order valence-corrected chi connectivity index (χ3v) is 5.68. The quantitative estimate of drug-likeness (QED) is 0.564. The Morgan fingerprint density at radius 1 is 0.806 bits per heavy atom. The molecule has 2 amide bonds. The van der Waals surface area contributed by atoms with Crippen molar-refractivity contribution in [1.82, 2.24) is 10.2 Å². The van der Waals surface area contributed by atoms with Crippen LogP contribution in [0.15, 0.2) is 91.0 Å². The summed E-state index contributed by atoms with van der Waals surface area (Å²) < 4.78 is 0. The predicted octanol–water partition coefficient (Wildman–Crippen LogP) is 4.41.